The first-order valence-corrected chi connectivity index (χ1v) is 3.59. The summed E-state index contributed by atoms with van der Waals surface area (Å²) in [6.45, 7) is -0.675. The molecule has 0 saturated heterocycles. The number of hydrogen-bond donors (Lipinski definition) is 0. The number of hydrogen-bond acceptors (Lipinski definition) is 2. The molecule has 0 aromatic heterocycles. The monoisotopic (exact) mass is 167 g/mol. The molecular formula is C9H10FNO. The van der Waals surface area contributed by atoms with Gasteiger partial charge in [0.05, 0.1) is 12.8 Å². The molecule has 0 aliphatic rings. The Morgan fingerprint density at radius 2 is 2.08 bits per heavy atom. The van der Waals surface area contributed by atoms with E-state index in [1.54, 1.807) is 12.1 Å². The average Bonchev–Trinajstić information content (AvgIpc) is 2.16. The van der Waals surface area contributed by atoms with Gasteiger partial charge in [-0.2, -0.15) is 0 Å². The highest BCUT2D eigenvalue weighted by molar-refractivity contribution is 5.80. The Bertz CT molecular complexity index is 252. The van der Waals surface area contributed by atoms with Crippen molar-refractivity contribution in [2.24, 2.45) is 4.99 Å². The van der Waals surface area contributed by atoms with Crippen LogP contribution in [0.25, 0.3) is 0 Å². The SMILES string of the molecule is COC(CF)=Nc1ccccc1. The lowest BCUT2D eigenvalue weighted by molar-refractivity contribution is 0.370. The zero-order valence-electron chi connectivity index (χ0n) is 6.83. The van der Waals surface area contributed by atoms with Crippen LogP contribution in [0.1, 0.15) is 0 Å². The third kappa shape index (κ3) is 2.34. The van der Waals surface area contributed by atoms with E-state index < -0.39 is 6.67 Å². The molecule has 0 bridgehead atoms. The molecule has 2 nitrogen and oxygen atoms in total. The first kappa shape index (κ1) is 8.71. The first-order chi connectivity index (χ1) is 5.86. The fraction of sp³-hybridized carbons (Fsp3) is 0.222. The smallest absolute Gasteiger partial charge is 0.220 e. The van der Waals surface area contributed by atoms with Gasteiger partial charge in [-0.3, -0.25) is 0 Å². The van der Waals surface area contributed by atoms with E-state index in [0.717, 1.165) is 0 Å². The van der Waals surface area contributed by atoms with E-state index in [2.05, 4.69) is 9.73 Å². The van der Waals surface area contributed by atoms with Crippen LogP contribution < -0.4 is 0 Å². The molecule has 0 heterocycles. The maximum absolute atomic E-state index is 12.1. The lowest BCUT2D eigenvalue weighted by atomic mass is 10.3. The Morgan fingerprint density at radius 3 is 2.58 bits per heavy atom. The highest BCUT2D eigenvalue weighted by atomic mass is 19.1. The van der Waals surface area contributed by atoms with Gasteiger partial charge in [0, 0.05) is 0 Å². The highest BCUT2D eigenvalue weighted by Crippen LogP contribution is 2.10. The number of nitrogens with zero attached hydrogens (tertiary/aromatic N) is 1. The fourth-order valence-corrected chi connectivity index (χ4v) is 0.777. The summed E-state index contributed by atoms with van der Waals surface area (Å²) in [7, 11) is 1.40. The molecule has 3 heteroatoms. The van der Waals surface area contributed by atoms with Crippen molar-refractivity contribution < 1.29 is 9.13 Å². The summed E-state index contributed by atoms with van der Waals surface area (Å²) < 4.78 is 16.8. The molecule has 0 spiro atoms. The van der Waals surface area contributed by atoms with Gasteiger partial charge in [-0.25, -0.2) is 9.38 Å². The topological polar surface area (TPSA) is 21.6 Å². The Morgan fingerprint density at radius 1 is 1.42 bits per heavy atom. The second kappa shape index (κ2) is 4.49. The lowest BCUT2D eigenvalue weighted by Crippen LogP contribution is -2.02. The normalized spacial score (nSPS) is 11.3. The largest absolute Gasteiger partial charge is 0.482 e. The zero-order chi connectivity index (χ0) is 8.81. The zero-order valence-corrected chi connectivity index (χ0v) is 6.83. The molecule has 1 aromatic carbocycles. The summed E-state index contributed by atoms with van der Waals surface area (Å²) in [5.74, 6) is 0.0983. The molecule has 0 aliphatic heterocycles. The quantitative estimate of drug-likeness (QED) is 0.489. The summed E-state index contributed by atoms with van der Waals surface area (Å²) >= 11 is 0. The lowest BCUT2D eigenvalue weighted by Gasteiger charge is -1.98. The molecule has 1 rings (SSSR count). The molecule has 64 valence electrons. The van der Waals surface area contributed by atoms with Crippen LogP contribution in [-0.2, 0) is 4.74 Å². The Hall–Kier alpha value is -1.38. The summed E-state index contributed by atoms with van der Waals surface area (Å²) in [5.41, 5.74) is 0.701. The van der Waals surface area contributed by atoms with Crippen molar-refractivity contribution in [3.05, 3.63) is 30.3 Å². The second-order valence-corrected chi connectivity index (χ2v) is 2.18. The van der Waals surface area contributed by atoms with Gasteiger partial charge in [-0.1, -0.05) is 18.2 Å². The van der Waals surface area contributed by atoms with Gasteiger partial charge in [-0.15, -0.1) is 0 Å². The molecule has 0 atom stereocenters. The van der Waals surface area contributed by atoms with Crippen LogP contribution in [0.15, 0.2) is 35.3 Å². The van der Waals surface area contributed by atoms with Crippen molar-refractivity contribution in [2.45, 2.75) is 0 Å². The summed E-state index contributed by atoms with van der Waals surface area (Å²) in [4.78, 5) is 3.92. The molecular weight excluding hydrogens is 157 g/mol. The number of alkyl halides is 1. The summed E-state index contributed by atoms with van der Waals surface area (Å²) in [6.07, 6.45) is 0. The minimum atomic E-state index is -0.675. The minimum Gasteiger partial charge on any atom is -0.482 e. The number of ether oxygens (including phenoxy) is 1. The van der Waals surface area contributed by atoms with Crippen LogP contribution in [0, 0.1) is 0 Å². The van der Waals surface area contributed by atoms with Crippen molar-refractivity contribution >= 4 is 11.6 Å². The van der Waals surface area contributed by atoms with Crippen molar-refractivity contribution in [2.75, 3.05) is 13.8 Å². The van der Waals surface area contributed by atoms with E-state index in [9.17, 15) is 4.39 Å². The summed E-state index contributed by atoms with van der Waals surface area (Å²) in [5, 5.41) is 0. The Kier molecular flexibility index (Phi) is 3.26. The van der Waals surface area contributed by atoms with Crippen LogP contribution in [0.4, 0.5) is 10.1 Å². The molecule has 0 N–H and O–H groups in total. The number of halogens is 1. The van der Waals surface area contributed by atoms with E-state index in [0.29, 0.717) is 5.69 Å². The van der Waals surface area contributed by atoms with Gasteiger partial charge in [0.2, 0.25) is 5.90 Å². The standard InChI is InChI=1S/C9H10FNO/c1-12-9(7-10)11-8-5-3-2-4-6-8/h2-6H,7H2,1H3. The molecule has 0 aliphatic carbocycles. The van der Waals surface area contributed by atoms with Crippen molar-refractivity contribution in [3.8, 4) is 0 Å². The van der Waals surface area contributed by atoms with Gasteiger partial charge in [-0.05, 0) is 12.1 Å². The fourth-order valence-electron chi connectivity index (χ4n) is 0.777. The van der Waals surface area contributed by atoms with Crippen molar-refractivity contribution in [1.29, 1.82) is 0 Å². The predicted octanol–water partition coefficient (Wildman–Crippen LogP) is 2.33. The third-order valence-electron chi connectivity index (χ3n) is 1.36. The second-order valence-electron chi connectivity index (χ2n) is 2.18. The number of benzene rings is 1. The summed E-state index contributed by atoms with van der Waals surface area (Å²) in [6, 6.07) is 9.12. The van der Waals surface area contributed by atoms with Gasteiger partial charge in [0.1, 0.15) is 0 Å². The van der Waals surface area contributed by atoms with Crippen LogP contribution in [0.2, 0.25) is 0 Å². The molecule has 1 aromatic rings. The first-order valence-electron chi connectivity index (χ1n) is 3.59. The Balaban J connectivity index is 2.79. The number of para-hydroxylation sites is 1. The van der Waals surface area contributed by atoms with Gasteiger partial charge >= 0.3 is 0 Å². The van der Waals surface area contributed by atoms with Gasteiger partial charge < -0.3 is 4.74 Å². The van der Waals surface area contributed by atoms with Crippen molar-refractivity contribution in [1.82, 2.24) is 0 Å². The van der Waals surface area contributed by atoms with Crippen LogP contribution in [-0.4, -0.2) is 19.7 Å². The molecule has 0 fully saturated rings. The van der Waals surface area contributed by atoms with Gasteiger partial charge in [0.15, 0.2) is 6.67 Å². The van der Waals surface area contributed by atoms with Crippen molar-refractivity contribution in [3.63, 3.8) is 0 Å². The average molecular weight is 167 g/mol. The molecule has 0 amide bonds. The van der Waals surface area contributed by atoms with Gasteiger partial charge in [0.25, 0.3) is 0 Å². The van der Waals surface area contributed by atoms with Crippen LogP contribution >= 0.6 is 0 Å². The van der Waals surface area contributed by atoms with E-state index >= 15 is 0 Å². The molecule has 0 saturated carbocycles. The molecule has 0 unspecified atom stereocenters. The molecule has 12 heavy (non-hydrogen) atoms. The van der Waals surface area contributed by atoms with E-state index in [4.69, 9.17) is 0 Å². The number of rotatable bonds is 2. The Labute approximate surface area is 70.7 Å². The van der Waals surface area contributed by atoms with Crippen LogP contribution in [0.3, 0.4) is 0 Å². The maximum atomic E-state index is 12.1. The van der Waals surface area contributed by atoms with Crippen LogP contribution in [0.5, 0.6) is 0 Å². The van der Waals surface area contributed by atoms with E-state index in [1.165, 1.54) is 7.11 Å². The molecule has 0 radical (unpaired) electrons. The maximum Gasteiger partial charge on any atom is 0.220 e. The minimum absolute atomic E-state index is 0.0983. The van der Waals surface area contributed by atoms with E-state index in [1.807, 2.05) is 18.2 Å². The number of aliphatic imine (C=N–C) groups is 1. The third-order valence-corrected chi connectivity index (χ3v) is 1.36. The highest BCUT2D eigenvalue weighted by Gasteiger charge is 1.95. The predicted molar refractivity (Wildman–Crippen MR) is 46.5 cm³/mol. The number of methoxy groups -OCH3 is 1. The van der Waals surface area contributed by atoms with E-state index in [-0.39, 0.29) is 5.90 Å².